The Labute approximate surface area is 134 Å². The van der Waals surface area contributed by atoms with Gasteiger partial charge in [-0.1, -0.05) is 18.2 Å². The Kier molecular flexibility index (Phi) is 4.92. The summed E-state index contributed by atoms with van der Waals surface area (Å²) in [4.78, 5) is -0.218. The molecule has 120 valence electrons. The molecule has 0 aromatic heterocycles. The Balaban J connectivity index is 2.39. The topological polar surface area (TPSA) is 99.3 Å². The van der Waals surface area contributed by atoms with Gasteiger partial charge in [0.2, 0.25) is 0 Å². The number of allylic oxidation sites excluding steroid dienone is 1. The molecule has 0 bridgehead atoms. The van der Waals surface area contributed by atoms with Gasteiger partial charge in [-0.25, -0.2) is 0 Å². The van der Waals surface area contributed by atoms with Gasteiger partial charge in [0, 0.05) is 5.56 Å². The lowest BCUT2D eigenvalue weighted by Crippen LogP contribution is -1.96. The van der Waals surface area contributed by atoms with Crippen LogP contribution in [-0.4, -0.2) is 18.1 Å². The van der Waals surface area contributed by atoms with Crippen LogP contribution in [0, 0.1) is 6.92 Å². The maximum absolute atomic E-state index is 11.0. The minimum Gasteiger partial charge on any atom is -0.506 e. The minimum atomic E-state index is -4.23. The van der Waals surface area contributed by atoms with Crippen LogP contribution in [0.25, 0.3) is 6.08 Å². The molecule has 0 heterocycles. The lowest BCUT2D eigenvalue weighted by molar-refractivity contribution is 0.476. The number of rotatable bonds is 4. The first-order chi connectivity index (χ1) is 10.8. The third kappa shape index (κ3) is 4.02. The molecule has 0 fully saturated rings. The van der Waals surface area contributed by atoms with E-state index in [2.05, 4.69) is 10.2 Å². The minimum absolute atomic E-state index is 0.00186. The van der Waals surface area contributed by atoms with Crippen molar-refractivity contribution in [3.63, 3.8) is 0 Å². The van der Waals surface area contributed by atoms with Crippen molar-refractivity contribution in [3.8, 4) is 5.75 Å². The van der Waals surface area contributed by atoms with Crippen molar-refractivity contribution in [2.45, 2.75) is 18.7 Å². The van der Waals surface area contributed by atoms with E-state index in [4.69, 9.17) is 4.55 Å². The Morgan fingerprint density at radius 1 is 1.04 bits per heavy atom. The Bertz CT molecular complexity index is 870. The molecule has 0 aliphatic heterocycles. The van der Waals surface area contributed by atoms with Crippen molar-refractivity contribution in [1.82, 2.24) is 0 Å². The number of hydrogen-bond acceptors (Lipinski definition) is 5. The summed E-state index contributed by atoms with van der Waals surface area (Å²) in [5.74, 6) is 0.00186. The second-order valence-corrected chi connectivity index (χ2v) is 6.25. The molecule has 0 aliphatic carbocycles. The quantitative estimate of drug-likeness (QED) is 0.640. The number of nitrogens with zero attached hydrogens (tertiary/aromatic N) is 2. The Morgan fingerprint density at radius 2 is 1.70 bits per heavy atom. The SMILES string of the molecule is C/C=C\c1c(C)ccc(O)c1N=Nc1ccc(S(=O)(=O)O)cc1. The van der Waals surface area contributed by atoms with E-state index in [0.717, 1.165) is 11.1 Å². The molecule has 2 aromatic carbocycles. The molecule has 23 heavy (non-hydrogen) atoms. The molecule has 0 radical (unpaired) electrons. The van der Waals surface area contributed by atoms with Crippen molar-refractivity contribution >= 4 is 27.6 Å². The Hall–Kier alpha value is -2.51. The number of hydrogen-bond donors (Lipinski definition) is 2. The summed E-state index contributed by atoms with van der Waals surface area (Å²) in [6, 6.07) is 8.60. The zero-order chi connectivity index (χ0) is 17.0. The van der Waals surface area contributed by atoms with E-state index >= 15 is 0 Å². The molecule has 0 saturated carbocycles. The maximum Gasteiger partial charge on any atom is 0.294 e. The zero-order valence-electron chi connectivity index (χ0n) is 12.6. The van der Waals surface area contributed by atoms with Crippen molar-refractivity contribution in [2.75, 3.05) is 0 Å². The van der Waals surface area contributed by atoms with Crippen molar-refractivity contribution in [1.29, 1.82) is 0 Å². The number of aromatic hydroxyl groups is 1. The summed E-state index contributed by atoms with van der Waals surface area (Å²) in [6.45, 7) is 3.76. The highest BCUT2D eigenvalue weighted by Crippen LogP contribution is 2.35. The molecule has 2 aromatic rings. The van der Waals surface area contributed by atoms with Crippen LogP contribution in [0.15, 0.2) is 57.6 Å². The van der Waals surface area contributed by atoms with Crippen LogP contribution in [0.5, 0.6) is 5.75 Å². The first-order valence-electron chi connectivity index (χ1n) is 6.77. The molecule has 0 amide bonds. The summed E-state index contributed by atoms with van der Waals surface area (Å²) in [5, 5.41) is 18.0. The molecule has 0 saturated heterocycles. The predicted octanol–water partition coefficient (Wildman–Crippen LogP) is 4.40. The van der Waals surface area contributed by atoms with E-state index in [1.165, 1.54) is 30.3 Å². The third-order valence-electron chi connectivity index (χ3n) is 3.15. The molecule has 0 atom stereocenters. The number of aryl methyl sites for hydroxylation is 1. The molecular weight excluding hydrogens is 316 g/mol. The average Bonchev–Trinajstić information content (AvgIpc) is 2.50. The van der Waals surface area contributed by atoms with Gasteiger partial charge in [0.25, 0.3) is 10.1 Å². The number of phenols is 1. The van der Waals surface area contributed by atoms with Crippen molar-refractivity contribution in [3.05, 3.63) is 53.6 Å². The first kappa shape index (κ1) is 16.9. The summed E-state index contributed by atoms with van der Waals surface area (Å²) >= 11 is 0. The third-order valence-corrected chi connectivity index (χ3v) is 4.02. The number of azo groups is 1. The standard InChI is InChI=1S/C16H16N2O4S/c1-3-4-14-11(2)5-10-15(19)16(14)18-17-12-6-8-13(9-7-12)23(20,21)22/h3-10,19H,1-2H3,(H,20,21,22)/b4-3-,18-17?. The van der Waals surface area contributed by atoms with E-state index in [9.17, 15) is 13.5 Å². The van der Waals surface area contributed by atoms with Gasteiger partial charge in [0.05, 0.1) is 10.6 Å². The van der Waals surface area contributed by atoms with E-state index in [1.807, 2.05) is 26.0 Å². The summed E-state index contributed by atoms with van der Waals surface area (Å²) in [5.41, 5.74) is 2.43. The first-order valence-corrected chi connectivity index (χ1v) is 8.21. The zero-order valence-corrected chi connectivity index (χ0v) is 13.4. The monoisotopic (exact) mass is 332 g/mol. The van der Waals surface area contributed by atoms with Gasteiger partial charge < -0.3 is 5.11 Å². The van der Waals surface area contributed by atoms with Gasteiger partial charge in [-0.3, -0.25) is 4.55 Å². The Morgan fingerprint density at radius 3 is 2.26 bits per heavy atom. The van der Waals surface area contributed by atoms with E-state index in [0.29, 0.717) is 11.4 Å². The molecule has 0 aliphatic rings. The molecule has 0 spiro atoms. The summed E-state index contributed by atoms with van der Waals surface area (Å²) < 4.78 is 30.9. The van der Waals surface area contributed by atoms with Gasteiger partial charge >= 0.3 is 0 Å². The van der Waals surface area contributed by atoms with Gasteiger partial charge in [-0.15, -0.1) is 5.11 Å². The summed E-state index contributed by atoms with van der Waals surface area (Å²) in [7, 11) is -4.23. The lowest BCUT2D eigenvalue weighted by Gasteiger charge is -2.06. The van der Waals surface area contributed by atoms with Crippen LogP contribution in [-0.2, 0) is 10.1 Å². The largest absolute Gasteiger partial charge is 0.506 e. The van der Waals surface area contributed by atoms with E-state index in [-0.39, 0.29) is 10.6 Å². The fourth-order valence-electron chi connectivity index (χ4n) is 1.97. The molecular formula is C16H16N2O4S. The fourth-order valence-corrected chi connectivity index (χ4v) is 2.45. The average molecular weight is 332 g/mol. The molecule has 2 rings (SSSR count). The van der Waals surface area contributed by atoms with Gasteiger partial charge in [-0.05, 0) is 49.7 Å². The van der Waals surface area contributed by atoms with Crippen LogP contribution < -0.4 is 0 Å². The van der Waals surface area contributed by atoms with E-state index in [1.54, 1.807) is 6.07 Å². The van der Waals surface area contributed by atoms with Crippen LogP contribution >= 0.6 is 0 Å². The van der Waals surface area contributed by atoms with Gasteiger partial charge in [0.15, 0.2) is 0 Å². The van der Waals surface area contributed by atoms with Crippen LogP contribution in [0.2, 0.25) is 0 Å². The smallest absolute Gasteiger partial charge is 0.294 e. The van der Waals surface area contributed by atoms with Crippen LogP contribution in [0.3, 0.4) is 0 Å². The molecule has 0 unspecified atom stereocenters. The lowest BCUT2D eigenvalue weighted by atomic mass is 10.1. The normalized spacial score (nSPS) is 12.3. The number of phenolic OH excluding ortho intramolecular Hbond substituents is 1. The molecule has 2 N–H and O–H groups in total. The van der Waals surface area contributed by atoms with Crippen molar-refractivity contribution < 1.29 is 18.1 Å². The van der Waals surface area contributed by atoms with Gasteiger partial charge in [-0.2, -0.15) is 13.5 Å². The highest BCUT2D eigenvalue weighted by molar-refractivity contribution is 7.85. The highest BCUT2D eigenvalue weighted by Gasteiger charge is 2.10. The van der Waals surface area contributed by atoms with Crippen LogP contribution in [0.1, 0.15) is 18.1 Å². The van der Waals surface area contributed by atoms with Crippen LogP contribution in [0.4, 0.5) is 11.4 Å². The summed E-state index contributed by atoms with van der Waals surface area (Å²) in [6.07, 6.45) is 3.66. The molecule has 7 heteroatoms. The van der Waals surface area contributed by atoms with E-state index < -0.39 is 10.1 Å². The maximum atomic E-state index is 11.0. The van der Waals surface area contributed by atoms with Crippen molar-refractivity contribution in [2.24, 2.45) is 10.2 Å². The number of benzene rings is 2. The predicted molar refractivity (Wildman–Crippen MR) is 88.0 cm³/mol. The highest BCUT2D eigenvalue weighted by atomic mass is 32.2. The second kappa shape index (κ2) is 6.72. The van der Waals surface area contributed by atoms with Gasteiger partial charge in [0.1, 0.15) is 11.4 Å². The second-order valence-electron chi connectivity index (χ2n) is 4.83. The molecule has 6 nitrogen and oxygen atoms in total. The fraction of sp³-hybridized carbons (Fsp3) is 0.125.